The van der Waals surface area contributed by atoms with Crippen LogP contribution in [0.2, 0.25) is 0 Å². The summed E-state index contributed by atoms with van der Waals surface area (Å²) in [7, 11) is 0. The van der Waals surface area contributed by atoms with E-state index in [4.69, 9.17) is 0 Å². The lowest BCUT2D eigenvalue weighted by Gasteiger charge is -2.19. The Morgan fingerprint density at radius 1 is 0.636 bits per heavy atom. The van der Waals surface area contributed by atoms with E-state index in [0.29, 0.717) is 0 Å². The molecule has 6 aromatic rings. The van der Waals surface area contributed by atoms with Gasteiger partial charge in [0.25, 0.3) is 0 Å². The maximum absolute atomic E-state index is 4.36. The standard InChI is InChI=1S/C44H38/c1-6-34(31(3)24-26-35-27-28-36-16-8-10-18-38(36)33(35)5)25-23-30(2)29-43-41-21-12-11-19-39(41)40-20-13-14-22-42(40)44(43)37-17-9-7-15-32(37)4/h6-28H,1,5,29H2,2-4H3/b30-23+,31-24+,34-25+,35-26-. The Hall–Kier alpha value is -5.20. The first-order valence-corrected chi connectivity index (χ1v) is 15.3. The van der Waals surface area contributed by atoms with Gasteiger partial charge in [0.2, 0.25) is 0 Å². The van der Waals surface area contributed by atoms with Gasteiger partial charge in [-0.1, -0.05) is 158 Å². The summed E-state index contributed by atoms with van der Waals surface area (Å²) in [4.78, 5) is 0. The number of aryl methyl sites for hydroxylation is 1. The topological polar surface area (TPSA) is 0 Å². The second-order valence-corrected chi connectivity index (χ2v) is 11.6. The lowest BCUT2D eigenvalue weighted by molar-refractivity contribution is 1.16. The maximum Gasteiger partial charge on any atom is -0.00542 e. The van der Waals surface area contributed by atoms with Gasteiger partial charge in [0.15, 0.2) is 0 Å². The minimum absolute atomic E-state index is 0.854. The van der Waals surface area contributed by atoms with Crippen molar-refractivity contribution >= 4 is 45.0 Å². The molecule has 0 nitrogen and oxygen atoms in total. The molecule has 0 saturated heterocycles. The Morgan fingerprint density at radius 3 is 1.98 bits per heavy atom. The third kappa shape index (κ3) is 5.60. The van der Waals surface area contributed by atoms with Gasteiger partial charge in [-0.15, -0.1) is 0 Å². The molecule has 0 aromatic heterocycles. The lowest BCUT2D eigenvalue weighted by Crippen LogP contribution is -2.23. The summed E-state index contributed by atoms with van der Waals surface area (Å²) in [6.07, 6.45) is 11.6. The molecule has 0 fully saturated rings. The zero-order valence-electron chi connectivity index (χ0n) is 25.9. The van der Waals surface area contributed by atoms with Crippen LogP contribution in [0.3, 0.4) is 0 Å². The predicted molar refractivity (Wildman–Crippen MR) is 194 cm³/mol. The van der Waals surface area contributed by atoms with Gasteiger partial charge in [-0.25, -0.2) is 0 Å². The molecule has 6 rings (SSSR count). The first-order valence-electron chi connectivity index (χ1n) is 15.3. The van der Waals surface area contributed by atoms with Crippen LogP contribution >= 0.6 is 0 Å². The quantitative estimate of drug-likeness (QED) is 0.133. The number of allylic oxidation sites excluding steroid dienone is 7. The molecule has 0 amide bonds. The summed E-state index contributed by atoms with van der Waals surface area (Å²) in [6, 6.07) is 39.2. The van der Waals surface area contributed by atoms with Crippen molar-refractivity contribution < 1.29 is 0 Å². The van der Waals surface area contributed by atoms with Crippen LogP contribution in [0, 0.1) is 6.92 Å². The minimum atomic E-state index is 0.854. The van der Waals surface area contributed by atoms with Crippen molar-refractivity contribution in [3.63, 3.8) is 0 Å². The Bertz CT molecular complexity index is 2250. The van der Waals surface area contributed by atoms with Crippen LogP contribution in [-0.2, 0) is 6.42 Å². The van der Waals surface area contributed by atoms with Crippen molar-refractivity contribution in [3.05, 3.63) is 178 Å². The van der Waals surface area contributed by atoms with Gasteiger partial charge in [0.1, 0.15) is 0 Å². The number of fused-ring (bicyclic) bond motifs is 4. The van der Waals surface area contributed by atoms with Crippen molar-refractivity contribution in [2.75, 3.05) is 0 Å². The largest absolute Gasteiger partial charge is 0.0985 e. The lowest BCUT2D eigenvalue weighted by atomic mass is 9.84. The van der Waals surface area contributed by atoms with E-state index in [2.05, 4.69) is 167 Å². The molecule has 0 heterocycles. The third-order valence-corrected chi connectivity index (χ3v) is 8.72. The van der Waals surface area contributed by atoms with Crippen molar-refractivity contribution in [1.29, 1.82) is 0 Å². The van der Waals surface area contributed by atoms with E-state index >= 15 is 0 Å². The Labute approximate surface area is 261 Å². The molecule has 0 atom stereocenters. The zero-order valence-corrected chi connectivity index (χ0v) is 25.9. The second-order valence-electron chi connectivity index (χ2n) is 11.6. The molecule has 0 heteroatoms. The molecule has 0 saturated carbocycles. The first kappa shape index (κ1) is 28.9. The molecule has 214 valence electrons. The Kier molecular flexibility index (Phi) is 8.26. The summed E-state index contributed by atoms with van der Waals surface area (Å²) in [6.45, 7) is 15.1. The summed E-state index contributed by atoms with van der Waals surface area (Å²) >= 11 is 0. The van der Waals surface area contributed by atoms with E-state index < -0.39 is 0 Å². The fourth-order valence-electron chi connectivity index (χ4n) is 6.31. The molecule has 0 aliphatic rings. The fraction of sp³-hybridized carbons (Fsp3) is 0.0909. The van der Waals surface area contributed by atoms with E-state index in [0.717, 1.165) is 28.0 Å². The molecule has 0 bridgehead atoms. The van der Waals surface area contributed by atoms with Crippen molar-refractivity contribution in [2.45, 2.75) is 27.2 Å². The number of rotatable bonds is 7. The van der Waals surface area contributed by atoms with Crippen LogP contribution in [0.4, 0.5) is 0 Å². The molecule has 0 spiro atoms. The van der Waals surface area contributed by atoms with Crippen LogP contribution < -0.4 is 10.4 Å². The summed E-state index contributed by atoms with van der Waals surface area (Å²) in [5.74, 6) is 0. The molecular formula is C44H38. The number of benzene rings is 6. The normalized spacial score (nSPS) is 13.2. The summed E-state index contributed by atoms with van der Waals surface area (Å²) < 4.78 is 0. The van der Waals surface area contributed by atoms with Crippen molar-refractivity contribution in [1.82, 2.24) is 0 Å². The Morgan fingerprint density at radius 2 is 1.25 bits per heavy atom. The van der Waals surface area contributed by atoms with Crippen molar-refractivity contribution in [2.24, 2.45) is 0 Å². The minimum Gasteiger partial charge on any atom is -0.0985 e. The van der Waals surface area contributed by atoms with E-state index in [1.807, 2.05) is 6.08 Å². The molecular weight excluding hydrogens is 528 g/mol. The average molecular weight is 567 g/mol. The van der Waals surface area contributed by atoms with E-state index in [9.17, 15) is 0 Å². The smallest absolute Gasteiger partial charge is 0.00542 e. The highest BCUT2D eigenvalue weighted by atomic mass is 14.2. The van der Waals surface area contributed by atoms with Crippen LogP contribution in [0.1, 0.15) is 25.0 Å². The molecule has 44 heavy (non-hydrogen) atoms. The SMILES string of the molecule is C=CC(=C\C=C(/C)Cc1c(-c2ccccc2C)c2ccccc2c2ccccc12)/C(C)=C/C=c1/ccc2ccccc2c1=C. The van der Waals surface area contributed by atoms with Gasteiger partial charge >= 0.3 is 0 Å². The highest BCUT2D eigenvalue weighted by Crippen LogP contribution is 2.41. The highest BCUT2D eigenvalue weighted by molar-refractivity contribution is 6.16. The first-order chi connectivity index (χ1) is 21.5. The van der Waals surface area contributed by atoms with Gasteiger partial charge in [-0.3, -0.25) is 0 Å². The van der Waals surface area contributed by atoms with E-state index in [1.54, 1.807) is 0 Å². The van der Waals surface area contributed by atoms with Crippen LogP contribution in [0.5, 0.6) is 0 Å². The second kappa shape index (κ2) is 12.6. The van der Waals surface area contributed by atoms with E-state index in [-0.39, 0.29) is 0 Å². The van der Waals surface area contributed by atoms with Gasteiger partial charge in [0.05, 0.1) is 0 Å². The van der Waals surface area contributed by atoms with Gasteiger partial charge in [-0.2, -0.15) is 0 Å². The van der Waals surface area contributed by atoms with Crippen molar-refractivity contribution in [3.8, 4) is 11.1 Å². The molecule has 0 unspecified atom stereocenters. The third-order valence-electron chi connectivity index (χ3n) is 8.72. The maximum atomic E-state index is 4.36. The Balaban J connectivity index is 1.41. The van der Waals surface area contributed by atoms with Gasteiger partial charge < -0.3 is 0 Å². The van der Waals surface area contributed by atoms with Crippen LogP contribution in [0.15, 0.2) is 157 Å². The summed E-state index contributed by atoms with van der Waals surface area (Å²) in [5.41, 5.74) is 8.86. The van der Waals surface area contributed by atoms with Crippen LogP contribution in [-0.4, -0.2) is 0 Å². The van der Waals surface area contributed by atoms with Gasteiger partial charge in [0, 0.05) is 0 Å². The van der Waals surface area contributed by atoms with Gasteiger partial charge in [-0.05, 0) is 103 Å². The average Bonchev–Trinajstić information content (AvgIpc) is 3.05. The fourth-order valence-corrected chi connectivity index (χ4v) is 6.31. The predicted octanol–water partition coefficient (Wildman–Crippen LogP) is 10.6. The molecule has 0 aliphatic heterocycles. The summed E-state index contributed by atoms with van der Waals surface area (Å²) in [5, 5.41) is 9.81. The molecule has 0 aliphatic carbocycles. The number of hydrogen-bond acceptors (Lipinski definition) is 0. The molecule has 6 aromatic carbocycles. The zero-order chi connectivity index (χ0) is 30.6. The highest BCUT2D eigenvalue weighted by Gasteiger charge is 2.17. The molecule has 0 radical (unpaired) electrons. The monoisotopic (exact) mass is 566 g/mol. The van der Waals surface area contributed by atoms with E-state index in [1.165, 1.54) is 60.1 Å². The van der Waals surface area contributed by atoms with Crippen LogP contribution in [0.25, 0.3) is 56.1 Å². The molecule has 0 N–H and O–H groups in total. The number of hydrogen-bond donors (Lipinski definition) is 0.